The summed E-state index contributed by atoms with van der Waals surface area (Å²) in [4.78, 5) is 6.61. The highest BCUT2D eigenvalue weighted by Gasteiger charge is 2.23. The number of morpholine rings is 1. The molecule has 0 amide bonds. The molecule has 0 aromatic carbocycles. The third-order valence-corrected chi connectivity index (χ3v) is 3.37. The highest BCUT2D eigenvalue weighted by Crippen LogP contribution is 2.25. The lowest BCUT2D eigenvalue weighted by Gasteiger charge is -2.30. The summed E-state index contributed by atoms with van der Waals surface area (Å²) < 4.78 is 5.66. The van der Waals surface area contributed by atoms with Gasteiger partial charge in [-0.15, -0.1) is 11.3 Å². The van der Waals surface area contributed by atoms with E-state index >= 15 is 0 Å². The van der Waals surface area contributed by atoms with Crippen LogP contribution < -0.4 is 5.73 Å². The van der Waals surface area contributed by atoms with Crippen LogP contribution in [0.4, 0.5) is 5.82 Å². The SMILES string of the molecule is CCN1CCOC(c2nc(N)cs2)C1. The highest BCUT2D eigenvalue weighted by atomic mass is 32.1. The van der Waals surface area contributed by atoms with Crippen molar-refractivity contribution in [3.05, 3.63) is 10.4 Å². The van der Waals surface area contributed by atoms with Crippen molar-refractivity contribution in [2.75, 3.05) is 32.0 Å². The molecule has 1 aromatic heterocycles. The Balaban J connectivity index is 2.04. The summed E-state index contributed by atoms with van der Waals surface area (Å²) >= 11 is 1.58. The van der Waals surface area contributed by atoms with E-state index in [4.69, 9.17) is 10.5 Å². The standard InChI is InChI=1S/C9H15N3OS/c1-2-12-3-4-13-7(5-12)9-11-8(10)6-14-9/h6-7H,2-5,10H2,1H3. The molecule has 1 aliphatic heterocycles. The summed E-state index contributed by atoms with van der Waals surface area (Å²) in [5.74, 6) is 0.599. The van der Waals surface area contributed by atoms with E-state index in [9.17, 15) is 0 Å². The first-order valence-corrected chi connectivity index (χ1v) is 5.72. The molecule has 2 rings (SSSR count). The third kappa shape index (κ3) is 2.05. The van der Waals surface area contributed by atoms with E-state index in [1.54, 1.807) is 11.3 Å². The van der Waals surface area contributed by atoms with Gasteiger partial charge in [-0.3, -0.25) is 4.90 Å². The molecule has 0 aliphatic carbocycles. The van der Waals surface area contributed by atoms with Crippen LogP contribution in [-0.4, -0.2) is 36.1 Å². The molecule has 0 spiro atoms. The molecule has 1 atom stereocenters. The summed E-state index contributed by atoms with van der Waals surface area (Å²) in [6, 6.07) is 0. The van der Waals surface area contributed by atoms with Gasteiger partial charge in [0.25, 0.3) is 0 Å². The van der Waals surface area contributed by atoms with E-state index in [1.165, 1.54) is 0 Å². The Morgan fingerprint density at radius 1 is 1.79 bits per heavy atom. The fourth-order valence-corrected chi connectivity index (χ4v) is 2.33. The number of thiazole rings is 1. The van der Waals surface area contributed by atoms with Crippen LogP contribution >= 0.6 is 11.3 Å². The molecule has 0 radical (unpaired) electrons. The molecule has 78 valence electrons. The maximum atomic E-state index is 5.66. The Morgan fingerprint density at radius 2 is 2.64 bits per heavy atom. The van der Waals surface area contributed by atoms with Crippen molar-refractivity contribution in [3.8, 4) is 0 Å². The number of ether oxygens (including phenoxy) is 1. The first-order valence-electron chi connectivity index (χ1n) is 4.84. The molecule has 0 saturated carbocycles. The summed E-state index contributed by atoms with van der Waals surface area (Å²) in [6.07, 6.45) is 0.117. The fraction of sp³-hybridized carbons (Fsp3) is 0.667. The number of nitrogens with zero attached hydrogens (tertiary/aromatic N) is 2. The number of aromatic nitrogens is 1. The van der Waals surface area contributed by atoms with Crippen LogP contribution in [0.2, 0.25) is 0 Å². The molecule has 0 bridgehead atoms. The lowest BCUT2D eigenvalue weighted by Crippen LogP contribution is -2.37. The van der Waals surface area contributed by atoms with Gasteiger partial charge in [0.05, 0.1) is 6.61 Å². The topological polar surface area (TPSA) is 51.4 Å². The fourth-order valence-electron chi connectivity index (χ4n) is 1.59. The zero-order chi connectivity index (χ0) is 9.97. The van der Waals surface area contributed by atoms with Crippen molar-refractivity contribution < 1.29 is 4.74 Å². The second-order valence-corrected chi connectivity index (χ2v) is 4.25. The van der Waals surface area contributed by atoms with Gasteiger partial charge in [-0.2, -0.15) is 0 Å². The summed E-state index contributed by atoms with van der Waals surface area (Å²) in [7, 11) is 0. The van der Waals surface area contributed by atoms with Crippen molar-refractivity contribution in [1.29, 1.82) is 0 Å². The Labute approximate surface area is 87.7 Å². The van der Waals surface area contributed by atoms with E-state index in [0.717, 1.165) is 31.2 Å². The Bertz CT molecular complexity index is 302. The van der Waals surface area contributed by atoms with E-state index in [-0.39, 0.29) is 6.10 Å². The van der Waals surface area contributed by atoms with Crippen LogP contribution in [0.3, 0.4) is 0 Å². The molecule has 5 heteroatoms. The van der Waals surface area contributed by atoms with Gasteiger partial charge in [0, 0.05) is 18.5 Å². The molecule has 14 heavy (non-hydrogen) atoms. The predicted molar refractivity (Wildman–Crippen MR) is 57.3 cm³/mol. The number of anilines is 1. The van der Waals surface area contributed by atoms with Crippen LogP contribution in [0, 0.1) is 0 Å². The van der Waals surface area contributed by atoms with Crippen molar-refractivity contribution in [2.45, 2.75) is 13.0 Å². The van der Waals surface area contributed by atoms with Gasteiger partial charge < -0.3 is 10.5 Å². The smallest absolute Gasteiger partial charge is 0.134 e. The number of hydrogen-bond donors (Lipinski definition) is 1. The molecule has 1 aliphatic rings. The van der Waals surface area contributed by atoms with Gasteiger partial charge in [0.15, 0.2) is 0 Å². The minimum atomic E-state index is 0.117. The van der Waals surface area contributed by atoms with E-state index in [1.807, 2.05) is 5.38 Å². The number of likely N-dealkylation sites (N-methyl/N-ethyl adjacent to an activating group) is 1. The summed E-state index contributed by atoms with van der Waals surface area (Å²) in [6.45, 7) is 5.98. The maximum absolute atomic E-state index is 5.66. The lowest BCUT2D eigenvalue weighted by atomic mass is 10.3. The molecule has 2 N–H and O–H groups in total. The van der Waals surface area contributed by atoms with Crippen molar-refractivity contribution in [3.63, 3.8) is 0 Å². The van der Waals surface area contributed by atoms with E-state index < -0.39 is 0 Å². The zero-order valence-corrected chi connectivity index (χ0v) is 9.09. The average Bonchev–Trinajstić information content (AvgIpc) is 2.65. The highest BCUT2D eigenvalue weighted by molar-refractivity contribution is 7.10. The largest absolute Gasteiger partial charge is 0.383 e. The van der Waals surface area contributed by atoms with Gasteiger partial charge in [-0.1, -0.05) is 6.92 Å². The average molecular weight is 213 g/mol. The third-order valence-electron chi connectivity index (χ3n) is 2.41. The van der Waals surface area contributed by atoms with Crippen molar-refractivity contribution in [1.82, 2.24) is 9.88 Å². The van der Waals surface area contributed by atoms with Crippen LogP contribution in [0.25, 0.3) is 0 Å². The first-order chi connectivity index (χ1) is 6.79. The zero-order valence-electron chi connectivity index (χ0n) is 8.27. The maximum Gasteiger partial charge on any atom is 0.134 e. The van der Waals surface area contributed by atoms with Crippen LogP contribution in [0.5, 0.6) is 0 Å². The van der Waals surface area contributed by atoms with Crippen LogP contribution in [0.1, 0.15) is 18.0 Å². The molecule has 1 aromatic rings. The molecular weight excluding hydrogens is 198 g/mol. The summed E-state index contributed by atoms with van der Waals surface area (Å²) in [5.41, 5.74) is 5.58. The van der Waals surface area contributed by atoms with Gasteiger partial charge in [-0.05, 0) is 6.54 Å². The summed E-state index contributed by atoms with van der Waals surface area (Å²) in [5, 5.41) is 2.87. The molecule has 1 fully saturated rings. The van der Waals surface area contributed by atoms with Crippen molar-refractivity contribution >= 4 is 17.2 Å². The van der Waals surface area contributed by atoms with E-state index in [2.05, 4.69) is 16.8 Å². The van der Waals surface area contributed by atoms with Crippen molar-refractivity contribution in [2.24, 2.45) is 0 Å². The van der Waals surface area contributed by atoms with E-state index in [0.29, 0.717) is 5.82 Å². The molecular formula is C9H15N3OS. The minimum absolute atomic E-state index is 0.117. The Hall–Kier alpha value is -0.650. The predicted octanol–water partition coefficient (Wildman–Crippen LogP) is 1.12. The number of nitrogen functional groups attached to an aromatic ring is 1. The second kappa shape index (κ2) is 4.25. The number of nitrogens with two attached hydrogens (primary N) is 1. The lowest BCUT2D eigenvalue weighted by molar-refractivity contribution is -0.0282. The normalized spacial score (nSPS) is 23.9. The van der Waals surface area contributed by atoms with Crippen LogP contribution in [0.15, 0.2) is 5.38 Å². The van der Waals surface area contributed by atoms with Gasteiger partial charge in [0.1, 0.15) is 16.9 Å². The molecule has 1 saturated heterocycles. The molecule has 2 heterocycles. The molecule has 4 nitrogen and oxygen atoms in total. The van der Waals surface area contributed by atoms with Gasteiger partial charge in [0.2, 0.25) is 0 Å². The Kier molecular flexibility index (Phi) is 3.00. The van der Waals surface area contributed by atoms with Gasteiger partial charge >= 0.3 is 0 Å². The minimum Gasteiger partial charge on any atom is -0.383 e. The second-order valence-electron chi connectivity index (χ2n) is 3.36. The quantitative estimate of drug-likeness (QED) is 0.800. The Morgan fingerprint density at radius 3 is 3.29 bits per heavy atom. The molecule has 1 unspecified atom stereocenters. The monoisotopic (exact) mass is 213 g/mol. The van der Waals surface area contributed by atoms with Crippen LogP contribution in [-0.2, 0) is 4.74 Å². The number of rotatable bonds is 2. The first kappa shape index (κ1) is 9.89. The van der Waals surface area contributed by atoms with Gasteiger partial charge in [-0.25, -0.2) is 4.98 Å². The number of hydrogen-bond acceptors (Lipinski definition) is 5.